The van der Waals surface area contributed by atoms with Crippen LogP contribution in [0.15, 0.2) is 48.5 Å². The molecule has 0 aliphatic heterocycles. The summed E-state index contributed by atoms with van der Waals surface area (Å²) in [5.41, 5.74) is 1.99. The van der Waals surface area contributed by atoms with Crippen LogP contribution in [-0.4, -0.2) is 18.4 Å². The van der Waals surface area contributed by atoms with Crippen molar-refractivity contribution in [3.63, 3.8) is 0 Å². The molecule has 0 fully saturated rings. The molecule has 2 amide bonds. The van der Waals surface area contributed by atoms with E-state index in [2.05, 4.69) is 17.6 Å². The Kier molecular flexibility index (Phi) is 6.73. The number of carbonyl (C=O) groups is 2. The van der Waals surface area contributed by atoms with Crippen molar-refractivity contribution in [1.29, 1.82) is 5.26 Å². The minimum absolute atomic E-state index is 0.177. The molecule has 0 unspecified atom stereocenters. The van der Waals surface area contributed by atoms with E-state index in [-0.39, 0.29) is 11.8 Å². The Hall–Kier alpha value is -3.13. The topological polar surface area (TPSA) is 82.0 Å². The molecule has 0 aliphatic carbocycles. The summed E-state index contributed by atoms with van der Waals surface area (Å²) in [6.45, 7) is 2.74. The number of nitrogens with zero attached hydrogens (tertiary/aromatic N) is 1. The van der Waals surface area contributed by atoms with Gasteiger partial charge in [0, 0.05) is 23.4 Å². The van der Waals surface area contributed by atoms with E-state index in [0.717, 1.165) is 19.3 Å². The van der Waals surface area contributed by atoms with Gasteiger partial charge in [-0.25, -0.2) is 0 Å². The summed E-state index contributed by atoms with van der Waals surface area (Å²) in [4.78, 5) is 24.5. The van der Waals surface area contributed by atoms with Gasteiger partial charge in [-0.05, 0) is 48.9 Å². The van der Waals surface area contributed by atoms with Crippen molar-refractivity contribution in [2.45, 2.75) is 26.2 Å². The second-order valence-electron chi connectivity index (χ2n) is 5.69. The van der Waals surface area contributed by atoms with E-state index in [9.17, 15) is 9.59 Å². The largest absolute Gasteiger partial charge is 0.352 e. The number of unbranched alkanes of at least 4 members (excludes halogenated alkanes) is 2. The van der Waals surface area contributed by atoms with Crippen molar-refractivity contribution in [2.75, 3.05) is 11.9 Å². The SMILES string of the molecule is CCCCCNC(=O)c1cccc(C(=O)Nc2ccc(C#N)cc2)c1. The Morgan fingerprint density at radius 1 is 1.00 bits per heavy atom. The molecular weight excluding hydrogens is 314 g/mol. The third-order valence-corrected chi connectivity index (χ3v) is 3.72. The van der Waals surface area contributed by atoms with Gasteiger partial charge in [-0.2, -0.15) is 5.26 Å². The standard InChI is InChI=1S/C20H21N3O2/c1-2-3-4-12-22-19(24)16-6-5-7-17(13-16)20(25)23-18-10-8-15(14-21)9-11-18/h5-11,13H,2-4,12H2,1H3,(H,22,24)(H,23,25). The quantitative estimate of drug-likeness (QED) is 0.756. The van der Waals surface area contributed by atoms with Crippen LogP contribution < -0.4 is 10.6 Å². The molecule has 128 valence electrons. The predicted octanol–water partition coefficient (Wildman–Crippen LogP) is 3.73. The first-order chi connectivity index (χ1) is 12.1. The third kappa shape index (κ3) is 5.47. The van der Waals surface area contributed by atoms with Crippen LogP contribution in [0.4, 0.5) is 5.69 Å². The summed E-state index contributed by atoms with van der Waals surface area (Å²) in [7, 11) is 0. The number of benzene rings is 2. The van der Waals surface area contributed by atoms with Gasteiger partial charge in [-0.3, -0.25) is 9.59 Å². The zero-order valence-electron chi connectivity index (χ0n) is 14.2. The molecule has 0 atom stereocenters. The molecule has 0 spiro atoms. The summed E-state index contributed by atoms with van der Waals surface area (Å²) in [5, 5.41) is 14.4. The number of rotatable bonds is 7. The Labute approximate surface area is 147 Å². The molecule has 2 N–H and O–H groups in total. The second kappa shape index (κ2) is 9.24. The van der Waals surface area contributed by atoms with E-state index in [1.54, 1.807) is 48.5 Å². The molecule has 0 aromatic heterocycles. The zero-order valence-corrected chi connectivity index (χ0v) is 14.2. The normalized spacial score (nSPS) is 9.92. The number of amides is 2. The van der Waals surface area contributed by atoms with Gasteiger partial charge in [0.25, 0.3) is 11.8 Å². The smallest absolute Gasteiger partial charge is 0.255 e. The molecule has 2 rings (SSSR count). The monoisotopic (exact) mass is 335 g/mol. The molecule has 5 nitrogen and oxygen atoms in total. The molecule has 0 radical (unpaired) electrons. The molecule has 2 aromatic carbocycles. The first-order valence-electron chi connectivity index (χ1n) is 8.34. The van der Waals surface area contributed by atoms with Crippen molar-refractivity contribution in [3.05, 3.63) is 65.2 Å². The fourth-order valence-electron chi connectivity index (χ4n) is 2.31. The van der Waals surface area contributed by atoms with Crippen LogP contribution in [0.25, 0.3) is 0 Å². The van der Waals surface area contributed by atoms with E-state index in [1.807, 2.05) is 6.07 Å². The number of nitrogens with one attached hydrogen (secondary N) is 2. The van der Waals surface area contributed by atoms with Crippen LogP contribution in [0, 0.1) is 11.3 Å². The molecular formula is C20H21N3O2. The fourth-order valence-corrected chi connectivity index (χ4v) is 2.31. The van der Waals surface area contributed by atoms with E-state index >= 15 is 0 Å². The van der Waals surface area contributed by atoms with E-state index in [1.165, 1.54) is 0 Å². The predicted molar refractivity (Wildman–Crippen MR) is 97.4 cm³/mol. The number of carbonyl (C=O) groups excluding carboxylic acids is 2. The summed E-state index contributed by atoms with van der Waals surface area (Å²) >= 11 is 0. The number of anilines is 1. The number of hydrogen-bond acceptors (Lipinski definition) is 3. The molecule has 0 heterocycles. The van der Waals surface area contributed by atoms with Crippen molar-refractivity contribution in [2.24, 2.45) is 0 Å². The summed E-state index contributed by atoms with van der Waals surface area (Å²) in [6.07, 6.45) is 3.12. The molecule has 0 bridgehead atoms. The van der Waals surface area contributed by atoms with Gasteiger partial charge in [-0.15, -0.1) is 0 Å². The van der Waals surface area contributed by atoms with Gasteiger partial charge in [0.15, 0.2) is 0 Å². The highest BCUT2D eigenvalue weighted by atomic mass is 16.2. The minimum atomic E-state index is -0.301. The number of hydrogen-bond donors (Lipinski definition) is 2. The molecule has 0 aliphatic rings. The molecule has 0 saturated carbocycles. The number of nitriles is 1. The van der Waals surface area contributed by atoms with Crippen LogP contribution >= 0.6 is 0 Å². The van der Waals surface area contributed by atoms with Crippen LogP contribution in [0.5, 0.6) is 0 Å². The van der Waals surface area contributed by atoms with Crippen molar-refractivity contribution in [3.8, 4) is 6.07 Å². The average molecular weight is 335 g/mol. The van der Waals surface area contributed by atoms with E-state index < -0.39 is 0 Å². The van der Waals surface area contributed by atoms with E-state index in [4.69, 9.17) is 5.26 Å². The molecule has 25 heavy (non-hydrogen) atoms. The Bertz CT molecular complexity index is 776. The van der Waals surface area contributed by atoms with Crippen LogP contribution in [0.2, 0.25) is 0 Å². The Morgan fingerprint density at radius 2 is 1.68 bits per heavy atom. The van der Waals surface area contributed by atoms with Crippen molar-refractivity contribution in [1.82, 2.24) is 5.32 Å². The first kappa shape index (κ1) is 18.2. The highest BCUT2D eigenvalue weighted by Crippen LogP contribution is 2.12. The van der Waals surface area contributed by atoms with Gasteiger partial charge in [0.1, 0.15) is 0 Å². The van der Waals surface area contributed by atoms with Gasteiger partial charge < -0.3 is 10.6 Å². The Morgan fingerprint density at radius 3 is 2.32 bits per heavy atom. The minimum Gasteiger partial charge on any atom is -0.352 e. The average Bonchev–Trinajstić information content (AvgIpc) is 2.65. The van der Waals surface area contributed by atoms with Gasteiger partial charge >= 0.3 is 0 Å². The summed E-state index contributed by atoms with van der Waals surface area (Å²) in [6, 6.07) is 15.2. The summed E-state index contributed by atoms with van der Waals surface area (Å²) in [5.74, 6) is -0.477. The van der Waals surface area contributed by atoms with Crippen molar-refractivity contribution >= 4 is 17.5 Å². The van der Waals surface area contributed by atoms with Crippen LogP contribution in [0.3, 0.4) is 0 Å². The van der Waals surface area contributed by atoms with Gasteiger partial charge in [-0.1, -0.05) is 25.8 Å². The Balaban J connectivity index is 2.00. The maximum atomic E-state index is 12.3. The van der Waals surface area contributed by atoms with Gasteiger partial charge in [0.2, 0.25) is 0 Å². The molecule has 0 saturated heterocycles. The van der Waals surface area contributed by atoms with E-state index in [0.29, 0.717) is 28.9 Å². The molecule has 2 aromatic rings. The summed E-state index contributed by atoms with van der Waals surface area (Å²) < 4.78 is 0. The fraction of sp³-hybridized carbons (Fsp3) is 0.250. The maximum Gasteiger partial charge on any atom is 0.255 e. The lowest BCUT2D eigenvalue weighted by molar-refractivity contribution is 0.0953. The lowest BCUT2D eigenvalue weighted by Gasteiger charge is -2.08. The van der Waals surface area contributed by atoms with Crippen LogP contribution in [-0.2, 0) is 0 Å². The zero-order chi connectivity index (χ0) is 18.1. The highest BCUT2D eigenvalue weighted by molar-refractivity contribution is 6.06. The lowest BCUT2D eigenvalue weighted by Crippen LogP contribution is -2.24. The lowest BCUT2D eigenvalue weighted by atomic mass is 10.1. The van der Waals surface area contributed by atoms with Crippen molar-refractivity contribution < 1.29 is 9.59 Å². The highest BCUT2D eigenvalue weighted by Gasteiger charge is 2.10. The molecule has 5 heteroatoms. The maximum absolute atomic E-state index is 12.3. The third-order valence-electron chi connectivity index (χ3n) is 3.72. The van der Waals surface area contributed by atoms with Crippen LogP contribution in [0.1, 0.15) is 52.5 Å². The van der Waals surface area contributed by atoms with Gasteiger partial charge in [0.05, 0.1) is 11.6 Å². The first-order valence-corrected chi connectivity index (χ1v) is 8.34. The second-order valence-corrected chi connectivity index (χ2v) is 5.69.